The van der Waals surface area contributed by atoms with Crippen molar-refractivity contribution in [1.82, 2.24) is 9.97 Å². The maximum absolute atomic E-state index is 5.26. The Balaban J connectivity index is 1.93. The first-order valence-electron chi connectivity index (χ1n) is 5.92. The summed E-state index contributed by atoms with van der Waals surface area (Å²) in [5.74, 6) is 1.68. The topological polar surface area (TPSA) is 47.0 Å². The van der Waals surface area contributed by atoms with Crippen molar-refractivity contribution in [2.75, 3.05) is 12.4 Å². The van der Waals surface area contributed by atoms with Gasteiger partial charge >= 0.3 is 0 Å². The molecule has 0 fully saturated rings. The number of nitrogens with one attached hydrogen (secondary N) is 1. The highest BCUT2D eigenvalue weighted by atomic mass is 32.1. The Bertz CT molecular complexity index is 682. The van der Waals surface area contributed by atoms with Gasteiger partial charge in [-0.1, -0.05) is 6.07 Å². The average Bonchev–Trinajstić information content (AvgIpc) is 2.97. The van der Waals surface area contributed by atoms with Gasteiger partial charge in [-0.2, -0.15) is 0 Å². The van der Waals surface area contributed by atoms with E-state index in [0.717, 1.165) is 27.3 Å². The third-order valence-corrected chi connectivity index (χ3v) is 3.64. The van der Waals surface area contributed by atoms with E-state index in [1.165, 1.54) is 0 Å². The molecule has 0 bridgehead atoms. The van der Waals surface area contributed by atoms with Gasteiger partial charge in [0.1, 0.15) is 16.6 Å². The van der Waals surface area contributed by atoms with Crippen molar-refractivity contribution in [3.8, 4) is 5.75 Å². The highest BCUT2D eigenvalue weighted by Gasteiger charge is 2.04. The van der Waals surface area contributed by atoms with Gasteiger partial charge in [0.2, 0.25) is 0 Å². The van der Waals surface area contributed by atoms with E-state index in [-0.39, 0.29) is 0 Å². The first-order valence-corrected chi connectivity index (χ1v) is 6.80. The fraction of sp³-hybridized carbons (Fsp3) is 0.143. The molecular formula is C14H13N3OS. The number of anilines is 1. The van der Waals surface area contributed by atoms with Crippen molar-refractivity contribution in [3.05, 3.63) is 47.0 Å². The van der Waals surface area contributed by atoms with Crippen LogP contribution in [-0.2, 0) is 6.54 Å². The minimum Gasteiger partial charge on any atom is -0.497 e. The number of fused-ring (bicyclic) bond motifs is 1. The van der Waals surface area contributed by atoms with Crippen LogP contribution < -0.4 is 10.1 Å². The summed E-state index contributed by atoms with van der Waals surface area (Å²) in [5, 5.41) is 8.53. The highest BCUT2D eigenvalue weighted by molar-refractivity contribution is 7.09. The lowest BCUT2D eigenvalue weighted by molar-refractivity contribution is 0.415. The molecule has 0 atom stereocenters. The van der Waals surface area contributed by atoms with E-state index in [0.29, 0.717) is 6.54 Å². The average molecular weight is 271 g/mol. The van der Waals surface area contributed by atoms with Crippen LogP contribution in [0.1, 0.15) is 5.01 Å². The lowest BCUT2D eigenvalue weighted by Crippen LogP contribution is -2.01. The fourth-order valence-electron chi connectivity index (χ4n) is 1.91. The van der Waals surface area contributed by atoms with E-state index in [1.807, 2.05) is 29.6 Å². The zero-order chi connectivity index (χ0) is 13.1. The molecule has 1 aromatic carbocycles. The Hall–Kier alpha value is -2.14. The molecule has 2 heterocycles. The van der Waals surface area contributed by atoms with E-state index in [4.69, 9.17) is 4.74 Å². The SMILES string of the molecule is COc1ccc2ccnc(NCc3nccs3)c2c1. The molecular weight excluding hydrogens is 258 g/mol. The summed E-state index contributed by atoms with van der Waals surface area (Å²) in [6.45, 7) is 0.682. The van der Waals surface area contributed by atoms with Gasteiger partial charge in [0.25, 0.3) is 0 Å². The van der Waals surface area contributed by atoms with Crippen LogP contribution in [0.4, 0.5) is 5.82 Å². The van der Waals surface area contributed by atoms with Crippen molar-refractivity contribution in [2.45, 2.75) is 6.54 Å². The summed E-state index contributed by atoms with van der Waals surface area (Å²) < 4.78 is 5.26. The van der Waals surface area contributed by atoms with E-state index in [1.54, 1.807) is 30.8 Å². The van der Waals surface area contributed by atoms with Crippen molar-refractivity contribution in [2.24, 2.45) is 0 Å². The van der Waals surface area contributed by atoms with E-state index >= 15 is 0 Å². The number of thiazole rings is 1. The molecule has 0 unspecified atom stereocenters. The normalized spacial score (nSPS) is 10.6. The number of nitrogens with zero attached hydrogens (tertiary/aromatic N) is 2. The van der Waals surface area contributed by atoms with Crippen molar-refractivity contribution < 1.29 is 4.74 Å². The van der Waals surface area contributed by atoms with Crippen LogP contribution in [-0.4, -0.2) is 17.1 Å². The van der Waals surface area contributed by atoms with Gasteiger partial charge in [0.05, 0.1) is 13.7 Å². The molecule has 0 saturated carbocycles. The van der Waals surface area contributed by atoms with Crippen LogP contribution in [0.5, 0.6) is 5.75 Å². The molecule has 1 N–H and O–H groups in total. The summed E-state index contributed by atoms with van der Waals surface area (Å²) in [4.78, 5) is 8.64. The van der Waals surface area contributed by atoms with Crippen LogP contribution in [0.15, 0.2) is 42.0 Å². The molecule has 0 radical (unpaired) electrons. The Morgan fingerprint density at radius 3 is 2.95 bits per heavy atom. The van der Waals surface area contributed by atoms with Gasteiger partial charge in [-0.3, -0.25) is 0 Å². The molecule has 0 aliphatic carbocycles. The first kappa shape index (κ1) is 11.9. The maximum atomic E-state index is 5.26. The predicted octanol–water partition coefficient (Wildman–Crippen LogP) is 3.31. The number of benzene rings is 1. The van der Waals surface area contributed by atoms with Gasteiger partial charge in [0, 0.05) is 23.2 Å². The molecule has 0 aliphatic rings. The number of pyridine rings is 1. The molecule has 96 valence electrons. The zero-order valence-electron chi connectivity index (χ0n) is 10.5. The lowest BCUT2D eigenvalue weighted by Gasteiger charge is -2.08. The fourth-order valence-corrected chi connectivity index (χ4v) is 2.47. The summed E-state index contributed by atoms with van der Waals surface area (Å²) in [6, 6.07) is 7.97. The number of aromatic nitrogens is 2. The molecule has 3 aromatic rings. The van der Waals surface area contributed by atoms with Gasteiger partial charge in [-0.05, 0) is 23.6 Å². The van der Waals surface area contributed by atoms with Crippen LogP contribution in [0.3, 0.4) is 0 Å². The first-order chi connectivity index (χ1) is 9.36. The number of ether oxygens (including phenoxy) is 1. The highest BCUT2D eigenvalue weighted by Crippen LogP contribution is 2.26. The monoisotopic (exact) mass is 271 g/mol. The van der Waals surface area contributed by atoms with Crippen molar-refractivity contribution in [1.29, 1.82) is 0 Å². The minimum absolute atomic E-state index is 0.682. The Morgan fingerprint density at radius 2 is 2.16 bits per heavy atom. The van der Waals surface area contributed by atoms with Crippen molar-refractivity contribution in [3.63, 3.8) is 0 Å². The van der Waals surface area contributed by atoms with Gasteiger partial charge in [-0.25, -0.2) is 9.97 Å². The number of hydrogen-bond donors (Lipinski definition) is 1. The molecule has 0 aliphatic heterocycles. The third-order valence-electron chi connectivity index (χ3n) is 2.86. The van der Waals surface area contributed by atoms with Crippen LogP contribution in [0.2, 0.25) is 0 Å². The maximum Gasteiger partial charge on any atom is 0.134 e. The Labute approximate surface area is 115 Å². The summed E-state index contributed by atoms with van der Waals surface area (Å²) in [6.07, 6.45) is 3.61. The lowest BCUT2D eigenvalue weighted by atomic mass is 10.1. The quantitative estimate of drug-likeness (QED) is 0.790. The molecule has 0 spiro atoms. The smallest absolute Gasteiger partial charge is 0.134 e. The standard InChI is InChI=1S/C14H13N3OS/c1-18-11-3-2-10-4-5-16-14(12(10)8-11)17-9-13-15-6-7-19-13/h2-8H,9H2,1H3,(H,16,17). The second kappa shape index (κ2) is 5.24. The van der Waals surface area contributed by atoms with Crippen LogP contribution in [0.25, 0.3) is 10.8 Å². The van der Waals surface area contributed by atoms with Gasteiger partial charge < -0.3 is 10.1 Å². The molecule has 19 heavy (non-hydrogen) atoms. The minimum atomic E-state index is 0.682. The third kappa shape index (κ3) is 2.51. The van der Waals surface area contributed by atoms with Crippen LogP contribution >= 0.6 is 11.3 Å². The predicted molar refractivity (Wildman–Crippen MR) is 77.7 cm³/mol. The molecule has 3 rings (SSSR count). The molecule has 2 aromatic heterocycles. The molecule has 0 saturated heterocycles. The van der Waals surface area contributed by atoms with E-state index < -0.39 is 0 Å². The van der Waals surface area contributed by atoms with Crippen molar-refractivity contribution >= 4 is 27.9 Å². The van der Waals surface area contributed by atoms with E-state index in [9.17, 15) is 0 Å². The number of methoxy groups -OCH3 is 1. The molecule has 5 heteroatoms. The number of rotatable bonds is 4. The Morgan fingerprint density at radius 1 is 1.21 bits per heavy atom. The second-order valence-electron chi connectivity index (χ2n) is 4.03. The van der Waals surface area contributed by atoms with Crippen LogP contribution in [0, 0.1) is 0 Å². The molecule has 4 nitrogen and oxygen atoms in total. The van der Waals surface area contributed by atoms with Gasteiger partial charge in [0.15, 0.2) is 0 Å². The number of hydrogen-bond acceptors (Lipinski definition) is 5. The Kier molecular flexibility index (Phi) is 3.29. The largest absolute Gasteiger partial charge is 0.497 e. The van der Waals surface area contributed by atoms with Gasteiger partial charge in [-0.15, -0.1) is 11.3 Å². The van der Waals surface area contributed by atoms with E-state index in [2.05, 4.69) is 15.3 Å². The summed E-state index contributed by atoms with van der Waals surface area (Å²) in [5.41, 5.74) is 0. The second-order valence-corrected chi connectivity index (χ2v) is 5.01. The summed E-state index contributed by atoms with van der Waals surface area (Å²) in [7, 11) is 1.67. The zero-order valence-corrected chi connectivity index (χ0v) is 11.3. The summed E-state index contributed by atoms with van der Waals surface area (Å²) >= 11 is 1.63. The molecule has 0 amide bonds.